The van der Waals surface area contributed by atoms with Gasteiger partial charge in [0.2, 0.25) is 5.88 Å². The lowest BCUT2D eigenvalue weighted by molar-refractivity contribution is 0.00996. The van der Waals surface area contributed by atoms with Gasteiger partial charge in [0, 0.05) is 29.8 Å². The van der Waals surface area contributed by atoms with Crippen LogP contribution in [0, 0.1) is 5.92 Å². The zero-order valence-electron chi connectivity index (χ0n) is 20.8. The van der Waals surface area contributed by atoms with E-state index >= 15 is 0 Å². The lowest BCUT2D eigenvalue weighted by atomic mass is 9.94. The summed E-state index contributed by atoms with van der Waals surface area (Å²) in [7, 11) is 0. The third kappa shape index (κ3) is 4.40. The van der Waals surface area contributed by atoms with Crippen molar-refractivity contribution in [2.24, 2.45) is 5.92 Å². The summed E-state index contributed by atoms with van der Waals surface area (Å²) >= 11 is 0. The molecule has 2 saturated heterocycles. The largest absolute Gasteiger partial charge is 0.478 e. The molecular weight excluding hydrogens is 454 g/mol. The molecule has 3 aromatic heterocycles. The second-order valence-electron chi connectivity index (χ2n) is 10.4. The molecule has 0 spiro atoms. The van der Waals surface area contributed by atoms with Gasteiger partial charge in [0.25, 0.3) is 0 Å². The molecule has 5 heterocycles. The smallest absolute Gasteiger partial charge is 0.327 e. The second-order valence-corrected chi connectivity index (χ2v) is 10.4. The predicted octanol–water partition coefficient (Wildman–Crippen LogP) is 4.23. The minimum absolute atomic E-state index is 0.120. The van der Waals surface area contributed by atoms with Gasteiger partial charge in [-0.1, -0.05) is 6.07 Å². The van der Waals surface area contributed by atoms with Crippen LogP contribution in [0.1, 0.15) is 39.0 Å². The molecule has 0 bridgehead atoms. The van der Waals surface area contributed by atoms with Crippen molar-refractivity contribution in [3.8, 4) is 17.0 Å². The number of benzene rings is 1. The Balaban J connectivity index is 1.24. The van der Waals surface area contributed by atoms with Crippen molar-refractivity contribution in [1.29, 1.82) is 0 Å². The molecule has 2 fully saturated rings. The van der Waals surface area contributed by atoms with E-state index in [1.54, 1.807) is 6.20 Å². The van der Waals surface area contributed by atoms with Gasteiger partial charge in [-0.05, 0) is 81.8 Å². The standard InChI is InChI=1S/C28H33N5O3/c1-28(10-3-12-35-18-28)33-24-17-30-23-7-5-20(14-22(23)26(24)32-27(33)34)21-6-8-25(31-16-21)36-13-2-4-19-9-11-29-15-19/h5-8,14,16-17,19,29H,2-4,9-13,15,18H2,1H3,(H,32,34). The number of nitrogens with one attached hydrogen (secondary N) is 2. The van der Waals surface area contributed by atoms with Crippen LogP contribution in [0.3, 0.4) is 0 Å². The Bertz CT molecular complexity index is 1410. The number of imidazole rings is 1. The molecule has 0 radical (unpaired) electrons. The maximum Gasteiger partial charge on any atom is 0.327 e. The number of nitrogens with zero attached hydrogens (tertiary/aromatic N) is 3. The van der Waals surface area contributed by atoms with Crippen molar-refractivity contribution in [1.82, 2.24) is 24.8 Å². The maximum atomic E-state index is 13.1. The van der Waals surface area contributed by atoms with Gasteiger partial charge in [0.05, 0.1) is 41.5 Å². The van der Waals surface area contributed by atoms with Crippen LogP contribution in [-0.4, -0.2) is 52.4 Å². The van der Waals surface area contributed by atoms with E-state index in [1.807, 2.05) is 35.0 Å². The summed E-state index contributed by atoms with van der Waals surface area (Å²) in [5.41, 5.74) is 3.98. The molecule has 2 atom stereocenters. The molecule has 8 nitrogen and oxygen atoms in total. The van der Waals surface area contributed by atoms with Gasteiger partial charge in [0.15, 0.2) is 0 Å². The number of H-pyrrole nitrogens is 1. The van der Waals surface area contributed by atoms with Gasteiger partial charge in [-0.15, -0.1) is 0 Å². The van der Waals surface area contributed by atoms with E-state index in [2.05, 4.69) is 33.3 Å². The van der Waals surface area contributed by atoms with Gasteiger partial charge in [-0.3, -0.25) is 9.55 Å². The molecule has 2 aliphatic heterocycles. The number of aromatic nitrogens is 4. The molecule has 0 saturated carbocycles. The summed E-state index contributed by atoms with van der Waals surface area (Å²) < 4.78 is 13.4. The van der Waals surface area contributed by atoms with E-state index in [-0.39, 0.29) is 11.2 Å². The molecule has 4 aromatic rings. The Kier molecular flexibility index (Phi) is 6.23. The van der Waals surface area contributed by atoms with E-state index in [0.717, 1.165) is 77.9 Å². The fourth-order valence-electron chi connectivity index (χ4n) is 5.71. The Morgan fingerprint density at radius 3 is 2.89 bits per heavy atom. The van der Waals surface area contributed by atoms with Crippen molar-refractivity contribution >= 4 is 21.9 Å². The number of pyridine rings is 2. The highest BCUT2D eigenvalue weighted by Gasteiger charge is 2.33. The van der Waals surface area contributed by atoms with Gasteiger partial charge in [-0.25, -0.2) is 9.78 Å². The molecule has 2 aliphatic rings. The molecule has 188 valence electrons. The lowest BCUT2D eigenvalue weighted by Crippen LogP contribution is -2.43. The Labute approximate surface area is 210 Å². The minimum Gasteiger partial charge on any atom is -0.478 e. The summed E-state index contributed by atoms with van der Waals surface area (Å²) in [5, 5.41) is 4.33. The third-order valence-corrected chi connectivity index (χ3v) is 7.72. The fraction of sp³-hybridized carbons (Fsp3) is 0.464. The summed E-state index contributed by atoms with van der Waals surface area (Å²) in [6.45, 7) is 6.32. The average molecular weight is 488 g/mol. The maximum absolute atomic E-state index is 13.1. The summed E-state index contributed by atoms with van der Waals surface area (Å²) in [5.74, 6) is 1.43. The molecule has 36 heavy (non-hydrogen) atoms. The first-order valence-electron chi connectivity index (χ1n) is 13.0. The highest BCUT2D eigenvalue weighted by atomic mass is 16.5. The molecule has 1 aromatic carbocycles. The van der Waals surface area contributed by atoms with Crippen LogP contribution in [0.15, 0.2) is 47.5 Å². The number of hydrogen-bond acceptors (Lipinski definition) is 6. The van der Waals surface area contributed by atoms with Gasteiger partial charge >= 0.3 is 5.69 Å². The van der Waals surface area contributed by atoms with Gasteiger partial charge < -0.3 is 19.8 Å². The normalized spacial score (nSPS) is 22.4. The molecule has 2 unspecified atom stereocenters. The van der Waals surface area contributed by atoms with E-state index in [9.17, 15) is 4.79 Å². The van der Waals surface area contributed by atoms with Crippen LogP contribution < -0.4 is 15.7 Å². The van der Waals surface area contributed by atoms with Crippen molar-refractivity contribution in [3.63, 3.8) is 0 Å². The van der Waals surface area contributed by atoms with E-state index < -0.39 is 0 Å². The second kappa shape index (κ2) is 9.67. The van der Waals surface area contributed by atoms with Crippen LogP contribution >= 0.6 is 0 Å². The number of ether oxygens (including phenoxy) is 2. The molecule has 0 amide bonds. The van der Waals surface area contributed by atoms with Gasteiger partial charge in [0.1, 0.15) is 0 Å². The number of hydrogen-bond donors (Lipinski definition) is 2. The van der Waals surface area contributed by atoms with Gasteiger partial charge in [-0.2, -0.15) is 0 Å². The molecule has 8 heteroatoms. The Hall–Kier alpha value is -3.23. The molecular formula is C28H33N5O3. The van der Waals surface area contributed by atoms with Crippen molar-refractivity contribution < 1.29 is 9.47 Å². The van der Waals surface area contributed by atoms with Crippen LogP contribution in [-0.2, 0) is 10.3 Å². The molecule has 2 N–H and O–H groups in total. The predicted molar refractivity (Wildman–Crippen MR) is 140 cm³/mol. The topological polar surface area (TPSA) is 94.1 Å². The van der Waals surface area contributed by atoms with E-state index in [4.69, 9.17) is 9.47 Å². The van der Waals surface area contributed by atoms with E-state index in [1.165, 1.54) is 12.8 Å². The number of aromatic amines is 1. The Morgan fingerprint density at radius 1 is 1.19 bits per heavy atom. The fourth-order valence-corrected chi connectivity index (χ4v) is 5.71. The summed E-state index contributed by atoms with van der Waals surface area (Å²) in [4.78, 5) is 25.4. The summed E-state index contributed by atoms with van der Waals surface area (Å²) in [6.07, 6.45) is 8.99. The Morgan fingerprint density at radius 2 is 2.11 bits per heavy atom. The zero-order chi connectivity index (χ0) is 24.5. The van der Waals surface area contributed by atoms with Crippen molar-refractivity contribution in [2.75, 3.05) is 32.9 Å². The van der Waals surface area contributed by atoms with Crippen LogP contribution in [0.2, 0.25) is 0 Å². The first-order valence-corrected chi connectivity index (χ1v) is 13.0. The number of rotatable bonds is 7. The molecule has 0 aliphatic carbocycles. The van der Waals surface area contributed by atoms with Crippen molar-refractivity contribution in [3.05, 3.63) is 53.2 Å². The monoisotopic (exact) mass is 487 g/mol. The average Bonchev–Trinajstić information content (AvgIpc) is 3.54. The van der Waals surface area contributed by atoms with Crippen LogP contribution in [0.5, 0.6) is 5.88 Å². The quantitative estimate of drug-likeness (QED) is 0.379. The molecule has 6 rings (SSSR count). The zero-order valence-corrected chi connectivity index (χ0v) is 20.8. The third-order valence-electron chi connectivity index (χ3n) is 7.72. The highest BCUT2D eigenvalue weighted by Crippen LogP contribution is 2.32. The first kappa shape index (κ1) is 23.2. The SMILES string of the molecule is CC1(n2c(=O)[nH]c3c4cc(-c5ccc(OCCCC6CCNC6)nc5)ccc4ncc32)CCCOC1. The van der Waals surface area contributed by atoms with Crippen LogP contribution in [0.25, 0.3) is 33.1 Å². The lowest BCUT2D eigenvalue weighted by Gasteiger charge is -2.34. The van der Waals surface area contributed by atoms with E-state index in [0.29, 0.717) is 19.1 Å². The number of fused-ring (bicyclic) bond motifs is 3. The minimum atomic E-state index is -0.381. The van der Waals surface area contributed by atoms with Crippen LogP contribution in [0.4, 0.5) is 0 Å². The highest BCUT2D eigenvalue weighted by molar-refractivity contribution is 6.03. The van der Waals surface area contributed by atoms with Crippen molar-refractivity contribution in [2.45, 2.75) is 44.6 Å². The summed E-state index contributed by atoms with van der Waals surface area (Å²) in [6, 6.07) is 10.1. The first-order chi connectivity index (χ1) is 17.6.